The SMILES string of the molecule is CCCCCCCCc1c(CCCCCC)cc(C=C(C)[N+](C)=Nc2ccc(C)c(CCCCCC)c2)cc1-c1ccccc1. The van der Waals surface area contributed by atoms with Gasteiger partial charge in [-0.25, -0.2) is 0 Å². The Labute approximate surface area is 277 Å². The Kier molecular flexibility index (Phi) is 17.0. The molecule has 0 atom stereocenters. The molecule has 3 aromatic rings. The quantitative estimate of drug-likeness (QED) is 0.0650. The zero-order chi connectivity index (χ0) is 32.3. The number of unbranched alkanes of at least 4 members (excludes halogenated alkanes) is 11. The van der Waals surface area contributed by atoms with E-state index in [1.807, 2.05) is 0 Å². The molecular weight excluding hydrogens is 544 g/mol. The molecule has 2 nitrogen and oxygen atoms in total. The summed E-state index contributed by atoms with van der Waals surface area (Å²) in [6.45, 7) is 11.3. The average molecular weight is 608 g/mol. The standard InChI is InChI=1S/C43H63N2/c1-7-10-13-16-17-23-28-42-40(27-20-15-12-9-3)32-37(33-43(42)38-24-21-18-22-25-38)31-36(5)45(6)44-41-30-29-35(4)39(34-41)26-19-14-11-8-2/h18,21-22,24-25,29-34H,7-17,19-20,23,26-28H2,1-6H3/q+1. The van der Waals surface area contributed by atoms with Crippen LogP contribution in [0.1, 0.15) is 145 Å². The third-order valence-corrected chi connectivity index (χ3v) is 9.31. The highest BCUT2D eigenvalue weighted by atomic mass is 15.2. The molecule has 0 bridgehead atoms. The van der Waals surface area contributed by atoms with Crippen LogP contribution in [-0.4, -0.2) is 11.7 Å². The van der Waals surface area contributed by atoms with Crippen LogP contribution in [0.25, 0.3) is 17.2 Å². The first-order valence-corrected chi connectivity index (χ1v) is 18.4. The third-order valence-electron chi connectivity index (χ3n) is 9.31. The number of benzene rings is 3. The van der Waals surface area contributed by atoms with E-state index in [-0.39, 0.29) is 0 Å². The predicted molar refractivity (Wildman–Crippen MR) is 198 cm³/mol. The van der Waals surface area contributed by atoms with Crippen LogP contribution in [0.15, 0.2) is 71.5 Å². The van der Waals surface area contributed by atoms with Crippen molar-refractivity contribution in [2.45, 2.75) is 144 Å². The van der Waals surface area contributed by atoms with E-state index < -0.39 is 0 Å². The average Bonchev–Trinajstić information content (AvgIpc) is 3.05. The van der Waals surface area contributed by atoms with Gasteiger partial charge in [-0.3, -0.25) is 0 Å². The van der Waals surface area contributed by atoms with E-state index in [2.05, 4.69) is 113 Å². The lowest BCUT2D eigenvalue weighted by Crippen LogP contribution is -2.02. The van der Waals surface area contributed by atoms with Gasteiger partial charge in [0.25, 0.3) is 0 Å². The van der Waals surface area contributed by atoms with Crippen molar-refractivity contribution >= 4 is 11.8 Å². The maximum atomic E-state index is 5.03. The Hall–Kier alpha value is -3.00. The van der Waals surface area contributed by atoms with Crippen LogP contribution in [0.5, 0.6) is 0 Å². The van der Waals surface area contributed by atoms with Gasteiger partial charge in [0, 0.05) is 13.0 Å². The molecule has 45 heavy (non-hydrogen) atoms. The highest BCUT2D eigenvalue weighted by Gasteiger charge is 2.14. The molecule has 3 rings (SSSR count). The molecule has 244 valence electrons. The van der Waals surface area contributed by atoms with Crippen molar-refractivity contribution in [1.29, 1.82) is 0 Å². The number of aryl methyl sites for hydroxylation is 3. The number of hydrogen-bond acceptors (Lipinski definition) is 1. The normalized spacial score (nSPS) is 12.2. The van der Waals surface area contributed by atoms with Crippen LogP contribution in [0.2, 0.25) is 0 Å². The van der Waals surface area contributed by atoms with Gasteiger partial charge in [-0.1, -0.05) is 139 Å². The zero-order valence-corrected chi connectivity index (χ0v) is 29.8. The largest absolute Gasteiger partial charge is 0.205 e. The van der Waals surface area contributed by atoms with E-state index in [0.29, 0.717) is 0 Å². The molecule has 0 amide bonds. The van der Waals surface area contributed by atoms with Crippen molar-refractivity contribution in [2.24, 2.45) is 5.11 Å². The van der Waals surface area contributed by atoms with Gasteiger partial charge in [-0.05, 0) is 108 Å². The molecule has 0 aliphatic rings. The van der Waals surface area contributed by atoms with Crippen molar-refractivity contribution in [3.8, 4) is 11.1 Å². The second-order valence-corrected chi connectivity index (χ2v) is 13.2. The molecule has 0 saturated carbocycles. The smallest absolute Gasteiger partial charge is 0.0909 e. The molecule has 0 aromatic heterocycles. The lowest BCUT2D eigenvalue weighted by Gasteiger charge is -2.18. The van der Waals surface area contributed by atoms with E-state index in [9.17, 15) is 0 Å². The van der Waals surface area contributed by atoms with Gasteiger partial charge < -0.3 is 0 Å². The van der Waals surface area contributed by atoms with E-state index in [0.717, 1.165) is 24.2 Å². The minimum Gasteiger partial charge on any atom is -0.0909 e. The molecular formula is C43H63N2+. The maximum Gasteiger partial charge on any atom is 0.205 e. The molecule has 0 spiro atoms. The van der Waals surface area contributed by atoms with Gasteiger partial charge in [0.15, 0.2) is 7.05 Å². The number of rotatable bonds is 21. The lowest BCUT2D eigenvalue weighted by atomic mass is 9.87. The molecule has 2 heteroatoms. The topological polar surface area (TPSA) is 15.4 Å². The van der Waals surface area contributed by atoms with Crippen molar-refractivity contribution < 1.29 is 4.70 Å². The van der Waals surface area contributed by atoms with Crippen molar-refractivity contribution in [1.82, 2.24) is 0 Å². The van der Waals surface area contributed by atoms with Gasteiger partial charge >= 0.3 is 0 Å². The summed E-state index contributed by atoms with van der Waals surface area (Å²) in [5.41, 5.74) is 12.2. The van der Waals surface area contributed by atoms with Crippen LogP contribution < -0.4 is 0 Å². The van der Waals surface area contributed by atoms with Crippen LogP contribution in [0.3, 0.4) is 0 Å². The number of nitrogens with zero attached hydrogens (tertiary/aromatic N) is 2. The van der Waals surface area contributed by atoms with Crippen molar-refractivity contribution in [3.05, 3.63) is 94.2 Å². The Morgan fingerprint density at radius 3 is 1.89 bits per heavy atom. The Morgan fingerprint density at radius 1 is 0.644 bits per heavy atom. The Bertz CT molecular complexity index is 1330. The van der Waals surface area contributed by atoms with Crippen LogP contribution in [0.4, 0.5) is 5.69 Å². The van der Waals surface area contributed by atoms with Gasteiger partial charge in [-0.15, -0.1) is 0 Å². The Balaban J connectivity index is 1.93. The second-order valence-electron chi connectivity index (χ2n) is 13.2. The first-order chi connectivity index (χ1) is 22.0. The van der Waals surface area contributed by atoms with Crippen LogP contribution >= 0.6 is 0 Å². The zero-order valence-electron chi connectivity index (χ0n) is 29.8. The maximum absolute atomic E-state index is 5.03. The summed E-state index contributed by atoms with van der Waals surface area (Å²) in [7, 11) is 2.09. The summed E-state index contributed by atoms with van der Waals surface area (Å²) < 4.78 is 2.05. The van der Waals surface area contributed by atoms with Gasteiger partial charge in [0.2, 0.25) is 5.70 Å². The van der Waals surface area contributed by atoms with Crippen LogP contribution in [0, 0.1) is 6.92 Å². The summed E-state index contributed by atoms with van der Waals surface area (Å²) in [6, 6.07) is 22.7. The summed E-state index contributed by atoms with van der Waals surface area (Å²) in [6.07, 6.45) is 24.2. The first kappa shape index (κ1) is 36.5. The van der Waals surface area contributed by atoms with Crippen LogP contribution in [-0.2, 0) is 19.3 Å². The molecule has 0 aliphatic heterocycles. The van der Waals surface area contributed by atoms with E-state index in [1.54, 1.807) is 11.1 Å². The van der Waals surface area contributed by atoms with Crippen molar-refractivity contribution in [3.63, 3.8) is 0 Å². The number of azo groups is 2. The van der Waals surface area contributed by atoms with Gasteiger partial charge in [0.1, 0.15) is 5.69 Å². The molecule has 0 aliphatic carbocycles. The van der Waals surface area contributed by atoms with E-state index >= 15 is 0 Å². The molecule has 0 N–H and O–H groups in total. The summed E-state index contributed by atoms with van der Waals surface area (Å²) in [5, 5.41) is 5.03. The van der Waals surface area contributed by atoms with Gasteiger partial charge in [-0.2, -0.15) is 0 Å². The monoisotopic (exact) mass is 607 g/mol. The minimum atomic E-state index is 1.04. The Morgan fingerprint density at radius 2 is 1.22 bits per heavy atom. The molecule has 0 heterocycles. The first-order valence-electron chi connectivity index (χ1n) is 18.4. The summed E-state index contributed by atoms with van der Waals surface area (Å²) >= 11 is 0. The molecule has 0 saturated heterocycles. The molecule has 0 radical (unpaired) electrons. The third kappa shape index (κ3) is 12.7. The minimum absolute atomic E-state index is 1.04. The fraction of sp³-hybridized carbons (Fsp3) is 0.535. The lowest BCUT2D eigenvalue weighted by molar-refractivity contribution is -0.510. The fourth-order valence-corrected chi connectivity index (χ4v) is 6.38. The molecule has 0 fully saturated rings. The predicted octanol–water partition coefficient (Wildman–Crippen LogP) is 13.6. The van der Waals surface area contributed by atoms with Gasteiger partial charge in [0.05, 0.1) is 0 Å². The summed E-state index contributed by atoms with van der Waals surface area (Å²) in [5.74, 6) is 0. The summed E-state index contributed by atoms with van der Waals surface area (Å²) in [4.78, 5) is 0. The highest BCUT2D eigenvalue weighted by Crippen LogP contribution is 2.32. The highest BCUT2D eigenvalue weighted by molar-refractivity contribution is 5.73. The number of hydrogen-bond donors (Lipinski definition) is 0. The fourth-order valence-electron chi connectivity index (χ4n) is 6.38. The second kappa shape index (κ2) is 20.9. The molecule has 0 unspecified atom stereocenters. The van der Waals surface area contributed by atoms with E-state index in [1.165, 1.54) is 124 Å². The van der Waals surface area contributed by atoms with Crippen molar-refractivity contribution in [2.75, 3.05) is 7.05 Å². The number of allylic oxidation sites excluding steroid dienone is 1. The molecule has 3 aromatic carbocycles. The van der Waals surface area contributed by atoms with E-state index in [4.69, 9.17) is 5.11 Å².